The molecule has 2 aliphatic rings. The number of amides is 1. The highest BCUT2D eigenvalue weighted by atomic mass is 16.2. The van der Waals surface area contributed by atoms with Gasteiger partial charge in [0.1, 0.15) is 11.4 Å². The molecule has 168 valence electrons. The van der Waals surface area contributed by atoms with Crippen molar-refractivity contribution >= 4 is 23.0 Å². The number of allylic oxidation sites excluding steroid dienone is 3. The van der Waals surface area contributed by atoms with Gasteiger partial charge in [-0.25, -0.2) is 0 Å². The van der Waals surface area contributed by atoms with Gasteiger partial charge in [-0.2, -0.15) is 0 Å². The van der Waals surface area contributed by atoms with E-state index in [1.54, 1.807) is 18.0 Å². The van der Waals surface area contributed by atoms with E-state index in [-0.39, 0.29) is 36.2 Å². The molecule has 0 fully saturated rings. The van der Waals surface area contributed by atoms with Crippen LogP contribution in [0.5, 0.6) is 0 Å². The van der Waals surface area contributed by atoms with Gasteiger partial charge in [0, 0.05) is 13.6 Å². The van der Waals surface area contributed by atoms with Crippen LogP contribution in [-0.4, -0.2) is 23.9 Å². The van der Waals surface area contributed by atoms with Crippen molar-refractivity contribution in [2.45, 2.75) is 47.7 Å². The number of rotatable bonds is 5. The highest BCUT2D eigenvalue weighted by molar-refractivity contribution is 6.04. The minimum absolute atomic E-state index is 0. The molecule has 1 amide bonds. The monoisotopic (exact) mass is 433 g/mol. The van der Waals surface area contributed by atoms with Gasteiger partial charge in [0.2, 0.25) is 0 Å². The molecule has 0 radical (unpaired) electrons. The van der Waals surface area contributed by atoms with Gasteiger partial charge < -0.3 is 15.5 Å². The molecule has 0 unspecified atom stereocenters. The second-order valence-corrected chi connectivity index (χ2v) is 9.43. The normalized spacial score (nSPS) is 16.5. The van der Waals surface area contributed by atoms with Gasteiger partial charge in [-0.1, -0.05) is 59.1 Å². The number of hydrogen-bond acceptors (Lipinski definition) is 5. The van der Waals surface area contributed by atoms with E-state index in [1.165, 1.54) is 0 Å². The molecule has 1 aliphatic carbocycles. The average molecular weight is 434 g/mol. The van der Waals surface area contributed by atoms with E-state index in [1.807, 2.05) is 31.2 Å². The lowest BCUT2D eigenvalue weighted by atomic mass is 9.79. The van der Waals surface area contributed by atoms with Crippen LogP contribution in [0.25, 0.3) is 0 Å². The van der Waals surface area contributed by atoms with E-state index >= 15 is 0 Å². The first-order valence-electron chi connectivity index (χ1n) is 10.3. The Hall–Kier alpha value is -3.41. The lowest BCUT2D eigenvalue weighted by Gasteiger charge is -2.35. The lowest BCUT2D eigenvalue weighted by Crippen LogP contribution is -2.43. The number of nitrogens with one attached hydrogen (secondary N) is 2. The fraction of sp³-hybridized carbons (Fsp3) is 0.346. The number of benzene rings is 1. The Bertz CT molecular complexity index is 1250. The van der Waals surface area contributed by atoms with Crippen molar-refractivity contribution < 1.29 is 4.79 Å². The number of anilines is 3. The van der Waals surface area contributed by atoms with E-state index in [2.05, 4.69) is 38.0 Å². The Kier molecular flexibility index (Phi) is 5.77. The first-order chi connectivity index (χ1) is 14.5. The van der Waals surface area contributed by atoms with Crippen molar-refractivity contribution in [1.82, 2.24) is 4.90 Å². The lowest BCUT2D eigenvalue weighted by molar-refractivity contribution is 0.0817. The van der Waals surface area contributed by atoms with Crippen molar-refractivity contribution in [3.8, 4) is 0 Å². The van der Waals surface area contributed by atoms with Gasteiger partial charge in [0.05, 0.1) is 17.3 Å². The largest absolute Gasteiger partial charge is 0.373 e. The summed E-state index contributed by atoms with van der Waals surface area (Å²) in [6.07, 6.45) is 4.02. The van der Waals surface area contributed by atoms with Crippen LogP contribution in [0.3, 0.4) is 0 Å². The fourth-order valence-corrected chi connectivity index (χ4v) is 4.21. The molecule has 1 aliphatic heterocycles. The number of carbonyl (C=O) groups is 1. The van der Waals surface area contributed by atoms with Gasteiger partial charge in [0.15, 0.2) is 0 Å². The molecule has 2 aromatic rings. The molecule has 1 heterocycles. The van der Waals surface area contributed by atoms with Crippen LogP contribution in [0, 0.1) is 5.41 Å². The van der Waals surface area contributed by atoms with Crippen LogP contribution in [0.2, 0.25) is 0 Å². The zero-order valence-electron chi connectivity index (χ0n) is 18.6. The molecule has 0 saturated heterocycles. The number of carbonyl (C=O) groups excluding carboxylic acids is 1. The van der Waals surface area contributed by atoms with Gasteiger partial charge in [-0.3, -0.25) is 14.4 Å². The Labute approximate surface area is 189 Å². The minimum Gasteiger partial charge on any atom is -0.373 e. The first-order valence-corrected chi connectivity index (χ1v) is 10.3. The smallest absolute Gasteiger partial charge is 0.256 e. The standard InChI is InChI=1S/C25H27N3O3.CH4/c1-13-10-11-16(14(13)2)23(25(3,4)5)27-20-19(21(29)22(20)30)26-17-9-7-8-15-12-28(6)24(31)18(15)17;/h7-11,23,26-27H,2,12H2,1,3-6H3;1H4/t23-;/m0./s1. The summed E-state index contributed by atoms with van der Waals surface area (Å²) in [6, 6.07) is 5.27. The first kappa shape index (κ1) is 23.3. The van der Waals surface area contributed by atoms with Crippen LogP contribution < -0.4 is 21.5 Å². The molecule has 0 bridgehead atoms. The van der Waals surface area contributed by atoms with Gasteiger partial charge in [-0.15, -0.1) is 0 Å². The topological polar surface area (TPSA) is 78.5 Å². The third-order valence-corrected chi connectivity index (χ3v) is 6.09. The quantitative estimate of drug-likeness (QED) is 0.678. The Morgan fingerprint density at radius 3 is 2.31 bits per heavy atom. The molecule has 6 nitrogen and oxygen atoms in total. The highest BCUT2D eigenvalue weighted by Crippen LogP contribution is 2.38. The Morgan fingerprint density at radius 1 is 1.06 bits per heavy atom. The second kappa shape index (κ2) is 7.93. The summed E-state index contributed by atoms with van der Waals surface area (Å²) in [5.41, 5.74) is 4.06. The van der Waals surface area contributed by atoms with Crippen molar-refractivity contribution in [2.24, 2.45) is 5.41 Å². The van der Waals surface area contributed by atoms with E-state index < -0.39 is 10.9 Å². The molecule has 0 spiro atoms. The van der Waals surface area contributed by atoms with Crippen LogP contribution in [0.4, 0.5) is 17.1 Å². The molecular formula is C26H31N3O3. The number of fused-ring (bicyclic) bond motifs is 1. The van der Waals surface area contributed by atoms with Gasteiger partial charge in [-0.05, 0) is 40.7 Å². The van der Waals surface area contributed by atoms with Crippen molar-refractivity contribution in [3.05, 3.63) is 85.2 Å². The summed E-state index contributed by atoms with van der Waals surface area (Å²) in [5.74, 6) is -0.104. The van der Waals surface area contributed by atoms with Crippen molar-refractivity contribution in [2.75, 3.05) is 17.7 Å². The highest BCUT2D eigenvalue weighted by Gasteiger charge is 2.35. The maximum atomic E-state index is 12.6. The molecular weight excluding hydrogens is 402 g/mol. The molecule has 4 rings (SSSR count). The molecule has 1 atom stereocenters. The summed E-state index contributed by atoms with van der Waals surface area (Å²) in [4.78, 5) is 39.1. The molecule has 0 aromatic heterocycles. The van der Waals surface area contributed by atoms with Crippen LogP contribution in [0.15, 0.2) is 63.2 Å². The molecule has 2 N–H and O–H groups in total. The summed E-state index contributed by atoms with van der Waals surface area (Å²) in [7, 11) is 1.74. The van der Waals surface area contributed by atoms with E-state index in [9.17, 15) is 14.4 Å². The van der Waals surface area contributed by atoms with E-state index in [4.69, 9.17) is 0 Å². The maximum Gasteiger partial charge on any atom is 0.256 e. The van der Waals surface area contributed by atoms with Gasteiger partial charge in [0.25, 0.3) is 16.8 Å². The number of nitrogens with zero attached hydrogens (tertiary/aromatic N) is 1. The van der Waals surface area contributed by atoms with Crippen molar-refractivity contribution in [3.63, 3.8) is 0 Å². The van der Waals surface area contributed by atoms with Crippen molar-refractivity contribution in [1.29, 1.82) is 0 Å². The molecule has 6 heteroatoms. The summed E-state index contributed by atoms with van der Waals surface area (Å²) in [6.45, 7) is 12.9. The van der Waals surface area contributed by atoms with E-state index in [0.29, 0.717) is 17.8 Å². The van der Waals surface area contributed by atoms with Crippen LogP contribution in [0.1, 0.15) is 51.0 Å². The third kappa shape index (κ3) is 3.60. The Morgan fingerprint density at radius 2 is 1.72 bits per heavy atom. The maximum absolute atomic E-state index is 12.6. The van der Waals surface area contributed by atoms with E-state index in [0.717, 1.165) is 22.3 Å². The third-order valence-electron chi connectivity index (χ3n) is 6.09. The molecule has 0 saturated carbocycles. The van der Waals surface area contributed by atoms with Crippen LogP contribution >= 0.6 is 0 Å². The van der Waals surface area contributed by atoms with Crippen LogP contribution in [-0.2, 0) is 6.54 Å². The minimum atomic E-state index is -0.583. The zero-order valence-corrected chi connectivity index (χ0v) is 18.6. The predicted octanol–water partition coefficient (Wildman–Crippen LogP) is 4.52. The average Bonchev–Trinajstić information content (AvgIpc) is 3.19. The molecule has 32 heavy (non-hydrogen) atoms. The fourth-order valence-electron chi connectivity index (χ4n) is 4.21. The predicted molar refractivity (Wildman–Crippen MR) is 131 cm³/mol. The summed E-state index contributed by atoms with van der Waals surface area (Å²) in [5, 5.41) is 6.39. The second-order valence-electron chi connectivity index (χ2n) is 9.43. The Balaban J connectivity index is 0.00000289. The van der Waals surface area contributed by atoms with Gasteiger partial charge >= 0.3 is 0 Å². The number of hydrogen-bond donors (Lipinski definition) is 2. The summed E-state index contributed by atoms with van der Waals surface area (Å²) < 4.78 is 0. The SMILES string of the molecule is C.C=C1C(C)=CC=C1[C@H](Nc1c(Nc2cccc3c2C(=O)N(C)C3)c(=O)c1=O)C(C)(C)C. The zero-order chi connectivity index (χ0) is 22.7. The molecule has 2 aromatic carbocycles. The summed E-state index contributed by atoms with van der Waals surface area (Å²) >= 11 is 0.